The maximum Gasteiger partial charge on any atom is 0.223 e. The SMILES string of the molecule is CCC(CCCN=C(N)N)C(=O)NCC(=O)CC(CCCN=C(N)N)C(=O)NCCCCCC(=O)CCCC(=O)C(C)C. The summed E-state index contributed by atoms with van der Waals surface area (Å²) in [6.45, 7) is 6.68. The highest BCUT2D eigenvalue weighted by Gasteiger charge is 2.23. The Morgan fingerprint density at radius 1 is 0.651 bits per heavy atom. The minimum atomic E-state index is -0.574. The van der Waals surface area contributed by atoms with E-state index in [2.05, 4.69) is 20.6 Å². The van der Waals surface area contributed by atoms with Crippen molar-refractivity contribution in [2.24, 2.45) is 50.7 Å². The van der Waals surface area contributed by atoms with E-state index >= 15 is 0 Å². The van der Waals surface area contributed by atoms with Crippen LogP contribution in [0.25, 0.3) is 0 Å². The van der Waals surface area contributed by atoms with Gasteiger partial charge in [-0.2, -0.15) is 0 Å². The van der Waals surface area contributed by atoms with Gasteiger partial charge in [-0.1, -0.05) is 27.2 Å². The van der Waals surface area contributed by atoms with E-state index in [1.807, 2.05) is 20.8 Å². The number of carbonyl (C=O) groups is 5. The van der Waals surface area contributed by atoms with Crippen LogP contribution < -0.4 is 33.6 Å². The van der Waals surface area contributed by atoms with Crippen LogP contribution in [0.5, 0.6) is 0 Å². The second kappa shape index (κ2) is 24.0. The Morgan fingerprint density at radius 3 is 1.77 bits per heavy atom. The van der Waals surface area contributed by atoms with E-state index in [0.29, 0.717) is 83.8 Å². The van der Waals surface area contributed by atoms with Gasteiger partial charge < -0.3 is 33.6 Å². The van der Waals surface area contributed by atoms with Gasteiger partial charge in [-0.05, 0) is 51.4 Å². The molecule has 0 saturated heterocycles. The first-order valence-electron chi connectivity index (χ1n) is 15.6. The van der Waals surface area contributed by atoms with Crippen molar-refractivity contribution in [1.29, 1.82) is 0 Å². The summed E-state index contributed by atoms with van der Waals surface area (Å²) >= 11 is 0. The molecule has 0 aliphatic carbocycles. The molecule has 13 nitrogen and oxygen atoms in total. The average Bonchev–Trinajstić information content (AvgIpc) is 2.94. The molecule has 0 spiro atoms. The monoisotopic (exact) mass is 608 g/mol. The molecule has 0 aliphatic rings. The van der Waals surface area contributed by atoms with E-state index in [-0.39, 0.29) is 65.9 Å². The average molecular weight is 609 g/mol. The number of nitrogens with two attached hydrogens (primary N) is 4. The highest BCUT2D eigenvalue weighted by Crippen LogP contribution is 2.15. The lowest BCUT2D eigenvalue weighted by Gasteiger charge is -2.17. The normalized spacial score (nSPS) is 12.2. The highest BCUT2D eigenvalue weighted by atomic mass is 16.2. The van der Waals surface area contributed by atoms with E-state index < -0.39 is 5.92 Å². The van der Waals surface area contributed by atoms with Crippen molar-refractivity contribution in [3.8, 4) is 0 Å². The maximum atomic E-state index is 12.9. The fourth-order valence-electron chi connectivity index (χ4n) is 4.47. The van der Waals surface area contributed by atoms with Gasteiger partial charge in [0.1, 0.15) is 11.6 Å². The Balaban J connectivity index is 4.62. The molecule has 2 atom stereocenters. The quantitative estimate of drug-likeness (QED) is 0.0472. The van der Waals surface area contributed by atoms with E-state index in [1.165, 1.54) is 0 Å². The van der Waals surface area contributed by atoms with Crippen LogP contribution in [0.1, 0.15) is 104 Å². The molecule has 13 heteroatoms. The topological polar surface area (TPSA) is 238 Å². The Labute approximate surface area is 256 Å². The molecule has 0 saturated carbocycles. The number of hydrogen-bond donors (Lipinski definition) is 6. The molecule has 2 unspecified atom stereocenters. The Kier molecular flexibility index (Phi) is 22.0. The first-order chi connectivity index (χ1) is 20.4. The summed E-state index contributed by atoms with van der Waals surface area (Å²) in [5, 5.41) is 5.60. The number of amides is 2. The minimum absolute atomic E-state index is 0.0000401. The molecule has 0 rings (SSSR count). The van der Waals surface area contributed by atoms with Crippen LogP contribution in [0.4, 0.5) is 0 Å². The summed E-state index contributed by atoms with van der Waals surface area (Å²) in [6, 6.07) is 0. The maximum absolute atomic E-state index is 12.9. The third-order valence-electron chi connectivity index (χ3n) is 7.13. The van der Waals surface area contributed by atoms with Crippen molar-refractivity contribution in [2.45, 2.75) is 104 Å². The number of Topliss-reactive ketones (excluding diaryl/α,β-unsaturated/α-hetero) is 3. The number of rotatable bonds is 26. The number of guanidine groups is 2. The van der Waals surface area contributed by atoms with Crippen LogP contribution in [0, 0.1) is 17.8 Å². The molecule has 0 bridgehead atoms. The Bertz CT molecular complexity index is 928. The van der Waals surface area contributed by atoms with Crippen LogP contribution in [0.15, 0.2) is 9.98 Å². The van der Waals surface area contributed by atoms with Crippen LogP contribution >= 0.6 is 0 Å². The molecular weight excluding hydrogens is 552 g/mol. The van der Waals surface area contributed by atoms with Gasteiger partial charge >= 0.3 is 0 Å². The van der Waals surface area contributed by atoms with Gasteiger partial charge in [-0.25, -0.2) is 0 Å². The number of nitrogens with zero attached hydrogens (tertiary/aromatic N) is 2. The van der Waals surface area contributed by atoms with Gasteiger partial charge in [0.05, 0.1) is 6.54 Å². The number of aliphatic imine (C=N–C) groups is 2. The van der Waals surface area contributed by atoms with E-state index in [0.717, 1.165) is 12.8 Å². The lowest BCUT2D eigenvalue weighted by atomic mass is 9.95. The van der Waals surface area contributed by atoms with Crippen molar-refractivity contribution >= 4 is 41.1 Å². The second-order valence-corrected chi connectivity index (χ2v) is 11.3. The van der Waals surface area contributed by atoms with Gasteiger partial charge in [0.2, 0.25) is 11.8 Å². The van der Waals surface area contributed by atoms with Crippen LogP contribution in [0.2, 0.25) is 0 Å². The van der Waals surface area contributed by atoms with Gasteiger partial charge in [-0.3, -0.25) is 34.0 Å². The summed E-state index contributed by atoms with van der Waals surface area (Å²) in [7, 11) is 0. The van der Waals surface area contributed by atoms with Crippen LogP contribution in [-0.2, 0) is 24.0 Å². The fraction of sp³-hybridized carbons (Fsp3) is 0.767. The van der Waals surface area contributed by atoms with Gasteiger partial charge in [0.15, 0.2) is 17.7 Å². The third-order valence-corrected chi connectivity index (χ3v) is 7.13. The summed E-state index contributed by atoms with van der Waals surface area (Å²) in [6.07, 6.45) is 6.91. The summed E-state index contributed by atoms with van der Waals surface area (Å²) in [5.74, 6) is -1.20. The molecule has 10 N–H and O–H groups in total. The number of unbranched alkanes of at least 4 members (excludes halogenated alkanes) is 2. The van der Waals surface area contributed by atoms with E-state index in [9.17, 15) is 24.0 Å². The molecule has 0 fully saturated rings. The molecule has 0 aromatic heterocycles. The summed E-state index contributed by atoms with van der Waals surface area (Å²) in [4.78, 5) is 69.8. The smallest absolute Gasteiger partial charge is 0.223 e. The molecular formula is C30H56N8O5. The zero-order valence-electron chi connectivity index (χ0n) is 26.5. The molecule has 0 aromatic carbocycles. The molecule has 0 aromatic rings. The third kappa shape index (κ3) is 21.8. The van der Waals surface area contributed by atoms with Gasteiger partial charge in [-0.15, -0.1) is 0 Å². The van der Waals surface area contributed by atoms with Gasteiger partial charge in [0.25, 0.3) is 0 Å². The first-order valence-corrected chi connectivity index (χ1v) is 15.6. The van der Waals surface area contributed by atoms with E-state index in [1.54, 1.807) is 0 Å². The molecule has 0 aliphatic heterocycles. The van der Waals surface area contributed by atoms with Crippen molar-refractivity contribution in [1.82, 2.24) is 10.6 Å². The second-order valence-electron chi connectivity index (χ2n) is 11.3. The van der Waals surface area contributed by atoms with Crippen molar-refractivity contribution in [3.63, 3.8) is 0 Å². The van der Waals surface area contributed by atoms with Crippen molar-refractivity contribution < 1.29 is 24.0 Å². The first kappa shape index (κ1) is 39.5. The van der Waals surface area contributed by atoms with Crippen LogP contribution in [0.3, 0.4) is 0 Å². The highest BCUT2D eigenvalue weighted by molar-refractivity contribution is 5.90. The van der Waals surface area contributed by atoms with Crippen molar-refractivity contribution in [3.05, 3.63) is 0 Å². The predicted molar refractivity (Wildman–Crippen MR) is 170 cm³/mol. The lowest BCUT2D eigenvalue weighted by Crippen LogP contribution is -2.37. The zero-order chi connectivity index (χ0) is 32.6. The lowest BCUT2D eigenvalue weighted by molar-refractivity contribution is -0.131. The van der Waals surface area contributed by atoms with E-state index in [4.69, 9.17) is 22.9 Å². The number of hydrogen-bond acceptors (Lipinski definition) is 7. The Morgan fingerprint density at radius 2 is 1.21 bits per heavy atom. The summed E-state index contributed by atoms with van der Waals surface area (Å²) < 4.78 is 0. The molecule has 246 valence electrons. The standard InChI is InChI=1S/C30H56N8O5/c1-4-22(11-9-17-36-29(31)32)27(42)38-20-25(40)19-23(12-10-18-37-30(33)34)28(43)35-16-7-5-6-13-24(39)14-8-15-26(41)21(2)3/h21-23H,4-20H2,1-3H3,(H,35,43)(H,38,42)(H4,31,32,36)(H4,33,34,37). The minimum Gasteiger partial charge on any atom is -0.370 e. The molecule has 0 heterocycles. The van der Waals surface area contributed by atoms with Gasteiger partial charge in [0, 0.05) is 63.1 Å². The van der Waals surface area contributed by atoms with Crippen LogP contribution in [-0.4, -0.2) is 67.3 Å². The molecule has 43 heavy (non-hydrogen) atoms. The number of ketones is 3. The zero-order valence-corrected chi connectivity index (χ0v) is 26.5. The molecule has 2 amide bonds. The number of carbonyl (C=O) groups excluding carboxylic acids is 5. The molecule has 0 radical (unpaired) electrons. The fourth-order valence-corrected chi connectivity index (χ4v) is 4.47. The summed E-state index contributed by atoms with van der Waals surface area (Å²) in [5.41, 5.74) is 21.4. The van der Waals surface area contributed by atoms with Crippen molar-refractivity contribution in [2.75, 3.05) is 26.2 Å². The Hall–Kier alpha value is -3.51. The largest absolute Gasteiger partial charge is 0.370 e. The number of nitrogens with one attached hydrogen (secondary N) is 2. The predicted octanol–water partition coefficient (Wildman–Crippen LogP) is 1.45.